The smallest absolute Gasteiger partial charge is 0.245 e. The van der Waals surface area contributed by atoms with E-state index >= 15 is 0 Å². The molecule has 25 heavy (non-hydrogen) atoms. The highest BCUT2D eigenvalue weighted by Gasteiger charge is 2.35. The minimum Gasteiger partial charge on any atom is -0.355 e. The van der Waals surface area contributed by atoms with Crippen LogP contribution in [-0.2, 0) is 14.4 Å². The van der Waals surface area contributed by atoms with E-state index in [1.165, 1.54) is 6.92 Å². The molecule has 0 aromatic carbocycles. The van der Waals surface area contributed by atoms with Crippen LogP contribution in [0.1, 0.15) is 46.0 Å². The Labute approximate surface area is 150 Å². The number of amides is 3. The Morgan fingerprint density at radius 3 is 2.28 bits per heavy atom. The van der Waals surface area contributed by atoms with Crippen molar-refractivity contribution in [3.05, 3.63) is 0 Å². The second kappa shape index (κ2) is 9.75. The van der Waals surface area contributed by atoms with Crippen molar-refractivity contribution >= 4 is 17.7 Å². The van der Waals surface area contributed by atoms with E-state index in [4.69, 9.17) is 0 Å². The Balaban J connectivity index is 1.84. The van der Waals surface area contributed by atoms with E-state index in [0.717, 1.165) is 32.1 Å². The normalized spacial score (nSPS) is 20.3. The number of hydrogen-bond donors (Lipinski definition) is 2. The van der Waals surface area contributed by atoms with Gasteiger partial charge in [-0.05, 0) is 25.2 Å². The van der Waals surface area contributed by atoms with Gasteiger partial charge in [0, 0.05) is 39.6 Å². The SMILES string of the molecule is CCCNC(=O)CN1CCN(C(=O)C(NC(C)=O)C2CCCC2)CC1. The standard InChI is InChI=1S/C18H32N4O3/c1-3-8-19-16(24)13-21-9-11-22(12-10-21)18(25)17(20-14(2)23)15-6-4-5-7-15/h15,17H,3-13H2,1-2H3,(H,19,24)(H,20,23). The molecular formula is C18H32N4O3. The molecule has 0 spiro atoms. The second-order valence-electron chi connectivity index (χ2n) is 7.17. The Morgan fingerprint density at radius 2 is 1.72 bits per heavy atom. The van der Waals surface area contributed by atoms with Gasteiger partial charge in [-0.3, -0.25) is 19.3 Å². The van der Waals surface area contributed by atoms with Gasteiger partial charge in [0.1, 0.15) is 6.04 Å². The van der Waals surface area contributed by atoms with Crippen LogP contribution in [0.5, 0.6) is 0 Å². The van der Waals surface area contributed by atoms with Gasteiger partial charge in [0.2, 0.25) is 17.7 Å². The van der Waals surface area contributed by atoms with Crippen molar-refractivity contribution in [2.24, 2.45) is 5.92 Å². The minimum absolute atomic E-state index is 0.0391. The molecule has 7 nitrogen and oxygen atoms in total. The fourth-order valence-electron chi connectivity index (χ4n) is 3.74. The summed E-state index contributed by atoms with van der Waals surface area (Å²) in [6.45, 7) is 7.22. The Morgan fingerprint density at radius 1 is 1.08 bits per heavy atom. The predicted molar refractivity (Wildman–Crippen MR) is 95.9 cm³/mol. The molecule has 142 valence electrons. The summed E-state index contributed by atoms with van der Waals surface area (Å²) >= 11 is 0. The molecule has 0 aromatic rings. The maximum atomic E-state index is 12.9. The summed E-state index contributed by atoms with van der Waals surface area (Å²) in [6, 6.07) is -0.389. The lowest BCUT2D eigenvalue weighted by molar-refractivity contribution is -0.139. The molecule has 2 aliphatic rings. The maximum absolute atomic E-state index is 12.9. The molecule has 2 rings (SSSR count). The van der Waals surface area contributed by atoms with Crippen LogP contribution >= 0.6 is 0 Å². The van der Waals surface area contributed by atoms with E-state index in [1.807, 2.05) is 11.8 Å². The van der Waals surface area contributed by atoms with Gasteiger partial charge in [-0.15, -0.1) is 0 Å². The number of nitrogens with one attached hydrogen (secondary N) is 2. The van der Waals surface area contributed by atoms with Gasteiger partial charge in [0.15, 0.2) is 0 Å². The highest BCUT2D eigenvalue weighted by atomic mass is 16.2. The fraction of sp³-hybridized carbons (Fsp3) is 0.833. The van der Waals surface area contributed by atoms with Gasteiger partial charge in [-0.2, -0.15) is 0 Å². The van der Waals surface area contributed by atoms with Crippen LogP contribution in [-0.4, -0.2) is 72.8 Å². The minimum atomic E-state index is -0.389. The Kier molecular flexibility index (Phi) is 7.68. The van der Waals surface area contributed by atoms with Crippen LogP contribution in [0.15, 0.2) is 0 Å². The first-order valence-corrected chi connectivity index (χ1v) is 9.56. The molecule has 1 aliphatic carbocycles. The molecule has 1 saturated heterocycles. The van der Waals surface area contributed by atoms with Crippen LogP contribution in [0, 0.1) is 5.92 Å². The van der Waals surface area contributed by atoms with E-state index in [9.17, 15) is 14.4 Å². The van der Waals surface area contributed by atoms with Crippen LogP contribution in [0.3, 0.4) is 0 Å². The third kappa shape index (κ3) is 5.99. The van der Waals surface area contributed by atoms with Crippen LogP contribution in [0.25, 0.3) is 0 Å². The van der Waals surface area contributed by atoms with E-state index in [2.05, 4.69) is 15.5 Å². The lowest BCUT2D eigenvalue weighted by atomic mass is 9.96. The third-order valence-corrected chi connectivity index (χ3v) is 5.12. The molecule has 1 aliphatic heterocycles. The van der Waals surface area contributed by atoms with Crippen molar-refractivity contribution in [2.45, 2.75) is 52.0 Å². The highest BCUT2D eigenvalue weighted by molar-refractivity contribution is 5.87. The first kappa shape index (κ1) is 19.7. The highest BCUT2D eigenvalue weighted by Crippen LogP contribution is 2.28. The topological polar surface area (TPSA) is 81.8 Å². The number of rotatable bonds is 7. The number of nitrogens with zero attached hydrogens (tertiary/aromatic N) is 2. The van der Waals surface area contributed by atoms with E-state index in [1.54, 1.807) is 0 Å². The van der Waals surface area contributed by atoms with Crippen molar-refractivity contribution in [3.63, 3.8) is 0 Å². The summed E-state index contributed by atoms with van der Waals surface area (Å²) in [5.41, 5.74) is 0. The summed E-state index contributed by atoms with van der Waals surface area (Å²) in [6.07, 6.45) is 5.21. The van der Waals surface area contributed by atoms with Crippen molar-refractivity contribution in [1.29, 1.82) is 0 Å². The Hall–Kier alpha value is -1.63. The van der Waals surface area contributed by atoms with E-state index in [0.29, 0.717) is 39.3 Å². The van der Waals surface area contributed by atoms with E-state index < -0.39 is 0 Å². The van der Waals surface area contributed by atoms with Crippen molar-refractivity contribution in [1.82, 2.24) is 20.4 Å². The van der Waals surface area contributed by atoms with Gasteiger partial charge in [0.05, 0.1) is 6.54 Å². The van der Waals surface area contributed by atoms with Gasteiger partial charge in [-0.1, -0.05) is 19.8 Å². The summed E-state index contributed by atoms with van der Waals surface area (Å²) in [7, 11) is 0. The lowest BCUT2D eigenvalue weighted by Crippen LogP contribution is -2.57. The van der Waals surface area contributed by atoms with Gasteiger partial charge in [-0.25, -0.2) is 0 Å². The van der Waals surface area contributed by atoms with Crippen LogP contribution in [0.4, 0.5) is 0 Å². The number of hydrogen-bond acceptors (Lipinski definition) is 4. The third-order valence-electron chi connectivity index (χ3n) is 5.12. The molecule has 1 saturated carbocycles. The van der Waals surface area contributed by atoms with Gasteiger partial charge >= 0.3 is 0 Å². The fourth-order valence-corrected chi connectivity index (χ4v) is 3.74. The number of carbonyl (C=O) groups is 3. The molecule has 1 atom stereocenters. The molecule has 1 heterocycles. The zero-order chi connectivity index (χ0) is 18.2. The zero-order valence-corrected chi connectivity index (χ0v) is 15.6. The molecule has 2 N–H and O–H groups in total. The largest absolute Gasteiger partial charge is 0.355 e. The van der Waals surface area contributed by atoms with Crippen molar-refractivity contribution in [3.8, 4) is 0 Å². The quantitative estimate of drug-likeness (QED) is 0.693. The summed E-state index contributed by atoms with van der Waals surface area (Å²) < 4.78 is 0. The maximum Gasteiger partial charge on any atom is 0.245 e. The molecule has 0 aromatic heterocycles. The average Bonchev–Trinajstić information content (AvgIpc) is 3.12. The lowest BCUT2D eigenvalue weighted by Gasteiger charge is -2.37. The molecule has 0 radical (unpaired) electrons. The molecule has 7 heteroatoms. The second-order valence-corrected chi connectivity index (χ2v) is 7.17. The number of carbonyl (C=O) groups excluding carboxylic acids is 3. The average molecular weight is 352 g/mol. The van der Waals surface area contributed by atoms with Crippen molar-refractivity contribution in [2.75, 3.05) is 39.3 Å². The zero-order valence-electron chi connectivity index (χ0n) is 15.6. The summed E-state index contributed by atoms with van der Waals surface area (Å²) in [5, 5.41) is 5.76. The van der Waals surface area contributed by atoms with Crippen LogP contribution < -0.4 is 10.6 Å². The van der Waals surface area contributed by atoms with E-state index in [-0.39, 0.29) is 29.7 Å². The summed E-state index contributed by atoms with van der Waals surface area (Å²) in [5.74, 6) is 0.201. The molecule has 0 bridgehead atoms. The van der Waals surface area contributed by atoms with Crippen molar-refractivity contribution < 1.29 is 14.4 Å². The summed E-state index contributed by atoms with van der Waals surface area (Å²) in [4.78, 5) is 40.2. The monoisotopic (exact) mass is 352 g/mol. The Bertz CT molecular complexity index is 469. The number of piperazine rings is 1. The molecular weight excluding hydrogens is 320 g/mol. The first-order chi connectivity index (χ1) is 12.0. The molecule has 3 amide bonds. The van der Waals surface area contributed by atoms with Gasteiger partial charge < -0.3 is 15.5 Å². The van der Waals surface area contributed by atoms with Crippen LogP contribution in [0.2, 0.25) is 0 Å². The predicted octanol–water partition coefficient (Wildman–Crippen LogP) is 0.352. The first-order valence-electron chi connectivity index (χ1n) is 9.56. The molecule has 2 fully saturated rings. The molecule has 1 unspecified atom stereocenters. The van der Waals surface area contributed by atoms with Gasteiger partial charge in [0.25, 0.3) is 0 Å².